The summed E-state index contributed by atoms with van der Waals surface area (Å²) >= 11 is 8.34. The average Bonchev–Trinajstić information content (AvgIpc) is 3.53. The van der Waals surface area contributed by atoms with E-state index in [-0.39, 0.29) is 52.0 Å². The van der Waals surface area contributed by atoms with Crippen LogP contribution in [0.25, 0.3) is 0 Å². The lowest BCUT2D eigenvalue weighted by Crippen LogP contribution is -2.49. The zero-order valence-electron chi connectivity index (χ0n) is 20.1. The summed E-state index contributed by atoms with van der Waals surface area (Å²) in [7, 11) is 0. The van der Waals surface area contributed by atoms with Crippen molar-refractivity contribution in [2.75, 3.05) is 13.2 Å². The number of phenolic OH excluding ortho intramolecular Hbond substituents is 1. The van der Waals surface area contributed by atoms with Gasteiger partial charge in [-0.3, -0.25) is 14.4 Å². The first-order valence-corrected chi connectivity index (χ1v) is 13.4. The Morgan fingerprint density at radius 1 is 1.00 bits per heavy atom. The number of ether oxygens (including phenoxy) is 1. The van der Waals surface area contributed by atoms with Gasteiger partial charge in [-0.1, -0.05) is 43.6 Å². The molecule has 1 unspecified atom stereocenters. The van der Waals surface area contributed by atoms with E-state index in [4.69, 9.17) is 16.3 Å². The molecule has 0 bridgehead atoms. The molecule has 9 nitrogen and oxygen atoms in total. The fraction of sp³-hybridized carbons (Fsp3) is 0.280. The molecule has 0 aliphatic rings. The first kappa shape index (κ1) is 28.2. The van der Waals surface area contributed by atoms with E-state index in [0.717, 1.165) is 11.3 Å². The molecule has 1 aromatic carbocycles. The molecule has 37 heavy (non-hydrogen) atoms. The fourth-order valence-corrected chi connectivity index (χ4v) is 4.91. The highest BCUT2D eigenvalue weighted by Gasteiger charge is 2.27. The van der Waals surface area contributed by atoms with E-state index in [9.17, 15) is 24.3 Å². The highest BCUT2D eigenvalue weighted by atomic mass is 35.5. The van der Waals surface area contributed by atoms with Crippen LogP contribution in [0.15, 0.2) is 47.8 Å². The zero-order chi connectivity index (χ0) is 26.9. The largest absolute Gasteiger partial charge is 0.508 e. The van der Waals surface area contributed by atoms with E-state index in [1.165, 1.54) is 29.5 Å². The third kappa shape index (κ3) is 8.31. The van der Waals surface area contributed by atoms with E-state index >= 15 is 0 Å². The van der Waals surface area contributed by atoms with Crippen LogP contribution in [0.4, 0.5) is 0 Å². The van der Waals surface area contributed by atoms with Crippen LogP contribution in [-0.4, -0.2) is 48.0 Å². The third-order valence-electron chi connectivity index (χ3n) is 4.84. The summed E-state index contributed by atoms with van der Waals surface area (Å²) < 4.78 is 5.27. The van der Waals surface area contributed by atoms with Crippen LogP contribution in [0.2, 0.25) is 5.02 Å². The fourth-order valence-electron chi connectivity index (χ4n) is 3.03. The van der Waals surface area contributed by atoms with Crippen molar-refractivity contribution in [3.63, 3.8) is 0 Å². The molecule has 0 spiro atoms. The maximum Gasteiger partial charge on any atom is 0.330 e. The van der Waals surface area contributed by atoms with Crippen molar-refractivity contribution >= 4 is 58.0 Å². The van der Waals surface area contributed by atoms with Gasteiger partial charge in [0.25, 0.3) is 17.7 Å². The molecule has 12 heteroatoms. The summed E-state index contributed by atoms with van der Waals surface area (Å²) in [4.78, 5) is 51.2. The summed E-state index contributed by atoms with van der Waals surface area (Å²) in [5.74, 6) is -2.06. The molecule has 3 rings (SSSR count). The van der Waals surface area contributed by atoms with Crippen LogP contribution in [0.3, 0.4) is 0 Å². The molecule has 0 saturated carbocycles. The Kier molecular flexibility index (Phi) is 10.1. The van der Waals surface area contributed by atoms with Gasteiger partial charge in [-0.25, -0.2) is 4.79 Å². The molecular weight excluding hydrogens is 538 g/mol. The molecule has 2 aromatic heterocycles. The third-order valence-corrected chi connectivity index (χ3v) is 7.25. The Hall–Kier alpha value is -3.41. The van der Waals surface area contributed by atoms with Crippen molar-refractivity contribution in [2.45, 2.75) is 26.4 Å². The minimum Gasteiger partial charge on any atom is -0.508 e. The first-order chi connectivity index (χ1) is 17.6. The predicted octanol–water partition coefficient (Wildman–Crippen LogP) is 3.83. The predicted molar refractivity (Wildman–Crippen MR) is 142 cm³/mol. The van der Waals surface area contributed by atoms with Crippen molar-refractivity contribution < 1.29 is 29.0 Å². The van der Waals surface area contributed by atoms with Crippen LogP contribution in [-0.2, 0) is 16.1 Å². The second-order valence-corrected chi connectivity index (χ2v) is 10.8. The van der Waals surface area contributed by atoms with Crippen molar-refractivity contribution in [3.8, 4) is 5.75 Å². The molecule has 0 aliphatic carbocycles. The SMILES string of the molecule is CC(C)COC(=O)C(CNC(=O)c1cccs1)NC(=O)c1sc(C(=O)NCc2cccc(O)c2)cc1Cl. The van der Waals surface area contributed by atoms with Gasteiger partial charge >= 0.3 is 5.97 Å². The molecule has 0 aliphatic heterocycles. The number of phenols is 1. The lowest BCUT2D eigenvalue weighted by atomic mass is 10.2. The molecule has 3 aromatic rings. The van der Waals surface area contributed by atoms with Crippen molar-refractivity contribution in [3.05, 3.63) is 73.1 Å². The summed E-state index contributed by atoms with van der Waals surface area (Å²) in [6, 6.07) is 10.0. The number of aromatic hydroxyl groups is 1. The normalized spacial score (nSPS) is 11.6. The van der Waals surface area contributed by atoms with Gasteiger partial charge in [0.2, 0.25) is 0 Å². The Morgan fingerprint density at radius 3 is 2.43 bits per heavy atom. The van der Waals surface area contributed by atoms with Gasteiger partial charge in [-0.05, 0) is 41.1 Å². The summed E-state index contributed by atoms with van der Waals surface area (Å²) in [6.07, 6.45) is 0. The van der Waals surface area contributed by atoms with E-state index in [0.29, 0.717) is 10.4 Å². The monoisotopic (exact) mass is 563 g/mol. The number of hydrogen-bond acceptors (Lipinski definition) is 8. The number of halogens is 1. The molecule has 0 saturated heterocycles. The van der Waals surface area contributed by atoms with Gasteiger partial charge < -0.3 is 25.8 Å². The molecule has 3 amide bonds. The molecule has 0 fully saturated rings. The summed E-state index contributed by atoms with van der Waals surface area (Å²) in [5.41, 5.74) is 0.696. The number of hydrogen-bond donors (Lipinski definition) is 4. The van der Waals surface area contributed by atoms with E-state index in [2.05, 4.69) is 16.0 Å². The van der Waals surface area contributed by atoms with Crippen LogP contribution in [0, 0.1) is 5.92 Å². The van der Waals surface area contributed by atoms with Crippen LogP contribution in [0.5, 0.6) is 5.75 Å². The van der Waals surface area contributed by atoms with Crippen LogP contribution in [0.1, 0.15) is 48.4 Å². The van der Waals surface area contributed by atoms with Crippen molar-refractivity contribution in [1.29, 1.82) is 0 Å². The number of rotatable bonds is 11. The topological polar surface area (TPSA) is 134 Å². The van der Waals surface area contributed by atoms with Gasteiger partial charge in [0.1, 0.15) is 16.7 Å². The lowest BCUT2D eigenvalue weighted by molar-refractivity contribution is -0.146. The molecular formula is C25H26ClN3O6S2. The molecule has 4 N–H and O–H groups in total. The van der Waals surface area contributed by atoms with Gasteiger partial charge in [0.15, 0.2) is 0 Å². The van der Waals surface area contributed by atoms with Crippen molar-refractivity contribution in [2.24, 2.45) is 5.92 Å². The van der Waals surface area contributed by atoms with E-state index in [1.54, 1.807) is 29.6 Å². The first-order valence-electron chi connectivity index (χ1n) is 11.3. The standard InChI is InChI=1S/C25H26ClN3O6S2/c1-14(2)13-35-25(34)18(12-28-22(31)19-7-4-8-36-19)29-24(33)21-17(26)10-20(37-21)23(32)27-11-15-5-3-6-16(30)9-15/h3-10,14,18,30H,11-13H2,1-2H3,(H,27,32)(H,28,31)(H,29,33). The smallest absolute Gasteiger partial charge is 0.330 e. The highest BCUT2D eigenvalue weighted by molar-refractivity contribution is 7.16. The molecule has 1 atom stereocenters. The Morgan fingerprint density at radius 2 is 1.76 bits per heavy atom. The molecule has 196 valence electrons. The minimum absolute atomic E-state index is 0.0374. The number of nitrogens with one attached hydrogen (secondary N) is 3. The van der Waals surface area contributed by atoms with Crippen molar-refractivity contribution in [1.82, 2.24) is 16.0 Å². The maximum atomic E-state index is 13.0. The van der Waals surface area contributed by atoms with Gasteiger partial charge in [-0.15, -0.1) is 22.7 Å². The van der Waals surface area contributed by atoms with Gasteiger partial charge in [-0.2, -0.15) is 0 Å². The zero-order valence-corrected chi connectivity index (χ0v) is 22.5. The average molecular weight is 564 g/mol. The number of benzene rings is 1. The van der Waals surface area contributed by atoms with Crippen LogP contribution >= 0.6 is 34.3 Å². The molecule has 0 radical (unpaired) electrons. The number of thiophene rings is 2. The van der Waals surface area contributed by atoms with Gasteiger partial charge in [0, 0.05) is 13.1 Å². The Balaban J connectivity index is 1.66. The number of esters is 1. The van der Waals surface area contributed by atoms with E-state index in [1.807, 2.05) is 13.8 Å². The number of amides is 3. The van der Waals surface area contributed by atoms with E-state index < -0.39 is 23.8 Å². The second-order valence-electron chi connectivity index (χ2n) is 8.38. The quantitative estimate of drug-likeness (QED) is 0.262. The minimum atomic E-state index is -1.17. The number of carbonyl (C=O) groups excluding carboxylic acids is 4. The number of carbonyl (C=O) groups is 4. The second kappa shape index (κ2) is 13.2. The molecule has 2 heterocycles. The highest BCUT2D eigenvalue weighted by Crippen LogP contribution is 2.27. The van der Waals surface area contributed by atoms with Crippen LogP contribution < -0.4 is 16.0 Å². The lowest BCUT2D eigenvalue weighted by Gasteiger charge is -2.18. The Bertz CT molecular complexity index is 1260. The van der Waals surface area contributed by atoms with Gasteiger partial charge in [0.05, 0.1) is 21.4 Å². The Labute approximate surface area is 226 Å². The summed E-state index contributed by atoms with van der Waals surface area (Å²) in [6.45, 7) is 3.86. The maximum absolute atomic E-state index is 13.0. The summed E-state index contributed by atoms with van der Waals surface area (Å²) in [5, 5.41) is 19.2.